The monoisotopic (exact) mass is 564 g/mol. The lowest BCUT2D eigenvalue weighted by molar-refractivity contribution is 0.100. The number of carbonyl (C=O) groups excluding carboxylic acids is 2. The highest BCUT2D eigenvalue weighted by molar-refractivity contribution is 7.19. The molecule has 0 amide bonds. The summed E-state index contributed by atoms with van der Waals surface area (Å²) in [6, 6.07) is 38.5. The van der Waals surface area contributed by atoms with Crippen molar-refractivity contribution in [3.05, 3.63) is 155 Å². The molecule has 0 bridgehead atoms. The summed E-state index contributed by atoms with van der Waals surface area (Å²) in [5, 5.41) is 4.62. The van der Waals surface area contributed by atoms with E-state index >= 15 is 0 Å². The Bertz CT molecular complexity index is 2060. The van der Waals surface area contributed by atoms with E-state index in [0.717, 1.165) is 33.9 Å². The van der Waals surface area contributed by atoms with Gasteiger partial charge in [0.1, 0.15) is 5.69 Å². The van der Waals surface area contributed by atoms with Gasteiger partial charge < -0.3 is 0 Å². The summed E-state index contributed by atoms with van der Waals surface area (Å²) < 4.78 is 3.65. The van der Waals surface area contributed by atoms with E-state index in [1.165, 1.54) is 11.3 Å². The lowest BCUT2D eigenvalue weighted by Crippen LogP contribution is -2.10. The minimum Gasteiger partial charge on any atom is -0.287 e. The molecule has 4 aromatic carbocycles. The van der Waals surface area contributed by atoms with Crippen molar-refractivity contribution >= 4 is 27.9 Å². The molecule has 202 valence electrons. The van der Waals surface area contributed by atoms with Crippen LogP contribution in [0.2, 0.25) is 0 Å². The lowest BCUT2D eigenvalue weighted by Gasteiger charge is -2.07. The second-order valence-corrected chi connectivity index (χ2v) is 10.8. The van der Waals surface area contributed by atoms with Crippen LogP contribution in [0.5, 0.6) is 0 Å². The van der Waals surface area contributed by atoms with Crippen molar-refractivity contribution < 1.29 is 9.59 Å². The Morgan fingerprint density at radius 3 is 1.90 bits per heavy atom. The van der Waals surface area contributed by atoms with E-state index in [2.05, 4.69) is 21.6 Å². The normalized spacial score (nSPS) is 11.2. The Balaban J connectivity index is 1.40. The van der Waals surface area contributed by atoms with Gasteiger partial charge in [-0.05, 0) is 19.1 Å². The molecule has 7 aromatic rings. The van der Waals surface area contributed by atoms with Crippen molar-refractivity contribution in [1.29, 1.82) is 0 Å². The third-order valence-electron chi connectivity index (χ3n) is 7.24. The molecule has 0 spiro atoms. The fraction of sp³-hybridized carbons (Fsp3) is 0.0286. The predicted molar refractivity (Wildman–Crippen MR) is 166 cm³/mol. The van der Waals surface area contributed by atoms with Gasteiger partial charge in [0, 0.05) is 28.6 Å². The van der Waals surface area contributed by atoms with Crippen molar-refractivity contribution in [3.8, 4) is 28.2 Å². The molecule has 0 saturated heterocycles. The topological polar surface area (TPSA) is 69.3 Å². The van der Waals surface area contributed by atoms with Crippen molar-refractivity contribution in [2.75, 3.05) is 0 Å². The maximum absolute atomic E-state index is 14.3. The Morgan fingerprint density at radius 1 is 0.690 bits per heavy atom. The Kier molecular flexibility index (Phi) is 6.41. The molecule has 7 rings (SSSR count). The number of rotatable bonds is 7. The van der Waals surface area contributed by atoms with E-state index in [1.807, 2.05) is 91.9 Å². The minimum atomic E-state index is -0.302. The number of fused-ring (bicyclic) bond motifs is 1. The molecule has 3 aromatic heterocycles. The summed E-state index contributed by atoms with van der Waals surface area (Å²) >= 11 is 1.33. The number of ketones is 2. The number of hydrogen-bond donors (Lipinski definition) is 0. The third kappa shape index (κ3) is 4.36. The number of benzene rings is 4. The van der Waals surface area contributed by atoms with E-state index in [-0.39, 0.29) is 22.8 Å². The number of hydrogen-bond acceptors (Lipinski definition) is 5. The van der Waals surface area contributed by atoms with Crippen LogP contribution < -0.4 is 0 Å². The average molecular weight is 565 g/mol. The van der Waals surface area contributed by atoms with Crippen LogP contribution in [0.4, 0.5) is 0 Å². The zero-order chi connectivity index (χ0) is 28.6. The van der Waals surface area contributed by atoms with Crippen LogP contribution >= 0.6 is 11.3 Å². The van der Waals surface area contributed by atoms with Gasteiger partial charge in [0.05, 0.1) is 27.5 Å². The van der Waals surface area contributed by atoms with Crippen LogP contribution in [0.1, 0.15) is 37.0 Å². The zero-order valence-corrected chi connectivity index (χ0v) is 23.5. The fourth-order valence-electron chi connectivity index (χ4n) is 5.19. The molecule has 3 heterocycles. The molecule has 7 heteroatoms. The highest BCUT2D eigenvalue weighted by Crippen LogP contribution is 2.38. The van der Waals surface area contributed by atoms with Gasteiger partial charge in [-0.15, -0.1) is 0 Å². The molecular formula is C35H24N4O2S. The summed E-state index contributed by atoms with van der Waals surface area (Å²) in [7, 11) is 0. The predicted octanol–water partition coefficient (Wildman–Crippen LogP) is 7.69. The van der Waals surface area contributed by atoms with E-state index in [0.29, 0.717) is 15.4 Å². The van der Waals surface area contributed by atoms with Gasteiger partial charge in [-0.25, -0.2) is 9.67 Å². The zero-order valence-electron chi connectivity index (χ0n) is 22.6. The Morgan fingerprint density at radius 2 is 1.26 bits per heavy atom. The lowest BCUT2D eigenvalue weighted by atomic mass is 10.0. The number of nitrogens with zero attached hydrogens (tertiary/aromatic N) is 4. The quantitative estimate of drug-likeness (QED) is 0.186. The highest BCUT2D eigenvalue weighted by atomic mass is 32.1. The van der Waals surface area contributed by atoms with E-state index in [9.17, 15) is 9.59 Å². The second kappa shape index (κ2) is 10.5. The van der Waals surface area contributed by atoms with Crippen LogP contribution in [-0.2, 0) is 0 Å². The number of carbonyl (C=O) groups is 2. The molecule has 6 nitrogen and oxygen atoms in total. The summed E-state index contributed by atoms with van der Waals surface area (Å²) in [5.41, 5.74) is 6.14. The van der Waals surface area contributed by atoms with Gasteiger partial charge in [-0.2, -0.15) is 5.10 Å². The second-order valence-electron chi connectivity index (χ2n) is 9.87. The van der Waals surface area contributed by atoms with Crippen molar-refractivity contribution in [3.63, 3.8) is 0 Å². The maximum atomic E-state index is 14.3. The van der Waals surface area contributed by atoms with Crippen molar-refractivity contribution in [2.45, 2.75) is 6.92 Å². The number of imidazole rings is 1. The number of aromatic nitrogens is 4. The van der Waals surface area contributed by atoms with Gasteiger partial charge in [-0.1, -0.05) is 121 Å². The maximum Gasteiger partial charge on any atom is 0.214 e. The largest absolute Gasteiger partial charge is 0.287 e. The summed E-state index contributed by atoms with van der Waals surface area (Å²) in [6.07, 6.45) is 1.66. The molecule has 42 heavy (non-hydrogen) atoms. The van der Waals surface area contributed by atoms with Crippen LogP contribution in [0.15, 0.2) is 128 Å². The first-order valence-electron chi connectivity index (χ1n) is 13.5. The molecule has 0 aliphatic heterocycles. The van der Waals surface area contributed by atoms with Crippen LogP contribution in [-0.4, -0.2) is 30.7 Å². The highest BCUT2D eigenvalue weighted by Gasteiger charge is 2.29. The summed E-state index contributed by atoms with van der Waals surface area (Å²) in [4.78, 5) is 34.2. The number of para-hydroxylation sites is 1. The van der Waals surface area contributed by atoms with Crippen molar-refractivity contribution in [2.24, 2.45) is 0 Å². The van der Waals surface area contributed by atoms with Gasteiger partial charge in [0.2, 0.25) is 11.6 Å². The van der Waals surface area contributed by atoms with Crippen molar-refractivity contribution in [1.82, 2.24) is 19.2 Å². The first-order valence-corrected chi connectivity index (χ1v) is 14.3. The summed E-state index contributed by atoms with van der Waals surface area (Å²) in [6.45, 7) is 1.93. The van der Waals surface area contributed by atoms with Gasteiger partial charge >= 0.3 is 0 Å². The number of thiazole rings is 1. The standard InChI is InChI=1S/C35H24N4O2S/c1-23-34(42-35-36-29(24-14-6-2-7-15-24)31(39(23)35)25-16-8-3-9-17-25)33(41)28-22-38(27-20-12-5-13-21-27)37-30(28)32(40)26-18-10-4-11-19-26/h2-22H,1H3. The molecule has 0 aliphatic carbocycles. The van der Waals surface area contributed by atoms with Crippen LogP contribution in [0, 0.1) is 6.92 Å². The molecular weight excluding hydrogens is 540 g/mol. The summed E-state index contributed by atoms with van der Waals surface area (Å²) in [5.74, 6) is -0.561. The molecule has 0 fully saturated rings. The van der Waals surface area contributed by atoms with Crippen LogP contribution in [0.3, 0.4) is 0 Å². The minimum absolute atomic E-state index is 0.119. The molecule has 0 radical (unpaired) electrons. The molecule has 0 atom stereocenters. The third-order valence-corrected chi connectivity index (χ3v) is 8.38. The first-order chi connectivity index (χ1) is 20.6. The van der Waals surface area contributed by atoms with Gasteiger partial charge in [0.15, 0.2) is 4.96 Å². The molecule has 0 N–H and O–H groups in total. The number of aryl methyl sites for hydroxylation is 1. The molecule has 0 aliphatic rings. The fourth-order valence-corrected chi connectivity index (χ4v) is 6.27. The smallest absolute Gasteiger partial charge is 0.214 e. The Labute approximate surface area is 246 Å². The SMILES string of the molecule is Cc1c(C(=O)c2cn(-c3ccccc3)nc2C(=O)c2ccccc2)sc2nc(-c3ccccc3)c(-c3ccccc3)n12. The Hall–Kier alpha value is -5.40. The molecule has 0 saturated carbocycles. The van der Waals surface area contributed by atoms with E-state index in [1.54, 1.807) is 35.1 Å². The average Bonchev–Trinajstić information content (AvgIpc) is 3.75. The first kappa shape index (κ1) is 25.6. The van der Waals surface area contributed by atoms with Gasteiger partial charge in [0.25, 0.3) is 0 Å². The van der Waals surface area contributed by atoms with Crippen LogP contribution in [0.25, 0.3) is 33.2 Å². The molecule has 0 unspecified atom stereocenters. The van der Waals surface area contributed by atoms with E-state index in [4.69, 9.17) is 4.98 Å². The van der Waals surface area contributed by atoms with Gasteiger partial charge in [-0.3, -0.25) is 14.0 Å². The van der Waals surface area contributed by atoms with E-state index < -0.39 is 0 Å².